The van der Waals surface area contributed by atoms with Gasteiger partial charge in [-0.1, -0.05) is 12.1 Å². The summed E-state index contributed by atoms with van der Waals surface area (Å²) in [4.78, 5) is 1.36. The van der Waals surface area contributed by atoms with Crippen molar-refractivity contribution >= 4 is 11.3 Å². The van der Waals surface area contributed by atoms with Gasteiger partial charge >= 0.3 is 0 Å². The van der Waals surface area contributed by atoms with Crippen molar-refractivity contribution in [2.24, 2.45) is 0 Å². The second-order valence-corrected chi connectivity index (χ2v) is 4.33. The Morgan fingerprint density at radius 3 is 2.43 bits per heavy atom. The van der Waals surface area contributed by atoms with Gasteiger partial charge in [-0.15, -0.1) is 11.3 Å². The quantitative estimate of drug-likeness (QED) is 0.701. The van der Waals surface area contributed by atoms with Crippen molar-refractivity contribution in [1.82, 2.24) is 0 Å². The third kappa shape index (κ3) is 2.02. The maximum absolute atomic E-state index is 12.6. The Morgan fingerprint density at radius 2 is 1.86 bits per heavy atom. The van der Waals surface area contributed by atoms with Crippen molar-refractivity contribution in [3.05, 3.63) is 57.5 Å². The van der Waals surface area contributed by atoms with Gasteiger partial charge < -0.3 is 0 Å². The van der Waals surface area contributed by atoms with Crippen LogP contribution >= 0.6 is 11.3 Å². The highest BCUT2D eigenvalue weighted by molar-refractivity contribution is 7.10. The van der Waals surface area contributed by atoms with E-state index in [1.807, 2.05) is 12.1 Å². The Labute approximate surface area is 87.0 Å². The average molecular weight is 206 g/mol. The summed E-state index contributed by atoms with van der Waals surface area (Å²) in [5, 5.41) is 2.09. The van der Waals surface area contributed by atoms with Gasteiger partial charge in [-0.2, -0.15) is 0 Å². The number of aryl methyl sites for hydroxylation is 1. The molecule has 0 unspecified atom stereocenters. The molecule has 0 saturated carbocycles. The van der Waals surface area contributed by atoms with E-state index in [1.54, 1.807) is 11.3 Å². The van der Waals surface area contributed by atoms with E-state index in [0.29, 0.717) is 0 Å². The molecule has 0 spiro atoms. The molecule has 2 heteroatoms. The van der Waals surface area contributed by atoms with Crippen molar-refractivity contribution in [3.8, 4) is 0 Å². The van der Waals surface area contributed by atoms with E-state index < -0.39 is 0 Å². The van der Waals surface area contributed by atoms with E-state index in [2.05, 4.69) is 18.4 Å². The highest BCUT2D eigenvalue weighted by Gasteiger charge is 2.01. The molecule has 0 amide bonds. The molecule has 0 bridgehead atoms. The molecule has 0 radical (unpaired) electrons. The third-order valence-corrected chi connectivity index (χ3v) is 3.27. The third-order valence-electron chi connectivity index (χ3n) is 2.25. The summed E-state index contributed by atoms with van der Waals surface area (Å²) < 4.78 is 12.6. The summed E-state index contributed by atoms with van der Waals surface area (Å²) >= 11 is 1.75. The fourth-order valence-electron chi connectivity index (χ4n) is 1.37. The van der Waals surface area contributed by atoms with E-state index in [4.69, 9.17) is 0 Å². The van der Waals surface area contributed by atoms with Crippen LogP contribution in [0.2, 0.25) is 0 Å². The summed E-state index contributed by atoms with van der Waals surface area (Å²) in [6.45, 7) is 2.11. The molecule has 0 aliphatic rings. The van der Waals surface area contributed by atoms with Gasteiger partial charge in [-0.3, -0.25) is 0 Å². The largest absolute Gasteiger partial charge is 0.207 e. The maximum Gasteiger partial charge on any atom is 0.123 e. The van der Waals surface area contributed by atoms with Crippen LogP contribution in [0, 0.1) is 12.7 Å². The van der Waals surface area contributed by atoms with Crippen LogP contribution in [0.3, 0.4) is 0 Å². The molecule has 1 aromatic heterocycles. The van der Waals surface area contributed by atoms with Crippen molar-refractivity contribution in [2.75, 3.05) is 0 Å². The first-order valence-electron chi connectivity index (χ1n) is 4.53. The Bertz CT molecular complexity index is 414. The lowest BCUT2D eigenvalue weighted by Gasteiger charge is -2.00. The molecule has 0 atom stereocenters. The molecule has 0 aliphatic heterocycles. The fourth-order valence-corrected chi connectivity index (χ4v) is 2.31. The molecule has 2 rings (SSSR count). The van der Waals surface area contributed by atoms with E-state index in [9.17, 15) is 4.39 Å². The van der Waals surface area contributed by atoms with E-state index in [1.165, 1.54) is 22.6 Å². The van der Waals surface area contributed by atoms with Gasteiger partial charge in [0.2, 0.25) is 0 Å². The average Bonchev–Trinajstić information content (AvgIpc) is 2.56. The zero-order valence-electron chi connectivity index (χ0n) is 7.96. The Kier molecular flexibility index (Phi) is 2.64. The lowest BCUT2D eigenvalue weighted by atomic mass is 10.1. The Morgan fingerprint density at radius 1 is 1.14 bits per heavy atom. The van der Waals surface area contributed by atoms with Gasteiger partial charge in [-0.25, -0.2) is 4.39 Å². The molecule has 0 aliphatic carbocycles. The van der Waals surface area contributed by atoms with Crippen LogP contribution in [-0.4, -0.2) is 0 Å². The molecule has 1 heterocycles. The van der Waals surface area contributed by atoms with Crippen molar-refractivity contribution in [1.29, 1.82) is 0 Å². The van der Waals surface area contributed by atoms with E-state index >= 15 is 0 Å². The van der Waals surface area contributed by atoms with Crippen LogP contribution in [0.4, 0.5) is 4.39 Å². The normalized spacial score (nSPS) is 10.4. The van der Waals surface area contributed by atoms with E-state index in [0.717, 1.165) is 12.0 Å². The predicted molar refractivity (Wildman–Crippen MR) is 58.3 cm³/mol. The maximum atomic E-state index is 12.6. The summed E-state index contributed by atoms with van der Waals surface area (Å²) in [6, 6.07) is 8.82. The number of benzene rings is 1. The van der Waals surface area contributed by atoms with Gasteiger partial charge in [0.25, 0.3) is 0 Å². The Balaban J connectivity index is 2.19. The summed E-state index contributed by atoms with van der Waals surface area (Å²) in [7, 11) is 0. The second-order valence-electron chi connectivity index (χ2n) is 3.33. The van der Waals surface area contributed by atoms with Crippen LogP contribution < -0.4 is 0 Å². The summed E-state index contributed by atoms with van der Waals surface area (Å²) in [6.07, 6.45) is 0.907. The minimum Gasteiger partial charge on any atom is -0.207 e. The van der Waals surface area contributed by atoms with Crippen molar-refractivity contribution < 1.29 is 4.39 Å². The monoisotopic (exact) mass is 206 g/mol. The number of hydrogen-bond donors (Lipinski definition) is 0. The molecule has 14 heavy (non-hydrogen) atoms. The number of rotatable bonds is 2. The van der Waals surface area contributed by atoms with Crippen LogP contribution in [0.5, 0.6) is 0 Å². The molecule has 2 aromatic rings. The highest BCUT2D eigenvalue weighted by atomic mass is 32.1. The molecule has 1 aromatic carbocycles. The lowest BCUT2D eigenvalue weighted by molar-refractivity contribution is 0.627. The lowest BCUT2D eigenvalue weighted by Crippen LogP contribution is -1.86. The molecule has 0 N–H and O–H groups in total. The molecular formula is C12H11FS. The fraction of sp³-hybridized carbons (Fsp3) is 0.167. The first-order valence-corrected chi connectivity index (χ1v) is 5.41. The molecule has 0 fully saturated rings. The minimum absolute atomic E-state index is 0.170. The molecular weight excluding hydrogens is 195 g/mol. The molecule has 72 valence electrons. The molecule has 0 saturated heterocycles. The van der Waals surface area contributed by atoms with Gasteiger partial charge in [-0.05, 0) is 41.6 Å². The second kappa shape index (κ2) is 3.93. The van der Waals surface area contributed by atoms with Crippen LogP contribution in [0.15, 0.2) is 35.7 Å². The zero-order valence-corrected chi connectivity index (χ0v) is 8.77. The number of thiophene rings is 1. The minimum atomic E-state index is -0.170. The standard InChI is InChI=1S/C12H11FS/c1-9-6-7-14-12(9)8-10-2-4-11(13)5-3-10/h2-7H,8H2,1H3. The predicted octanol–water partition coefficient (Wildman–Crippen LogP) is 3.79. The zero-order chi connectivity index (χ0) is 9.97. The summed E-state index contributed by atoms with van der Waals surface area (Å²) in [5.41, 5.74) is 2.48. The highest BCUT2D eigenvalue weighted by Crippen LogP contribution is 2.19. The number of halogens is 1. The van der Waals surface area contributed by atoms with Gasteiger partial charge in [0, 0.05) is 11.3 Å². The first kappa shape index (κ1) is 9.41. The smallest absolute Gasteiger partial charge is 0.123 e. The van der Waals surface area contributed by atoms with E-state index in [-0.39, 0.29) is 5.82 Å². The van der Waals surface area contributed by atoms with Gasteiger partial charge in [0.05, 0.1) is 0 Å². The van der Waals surface area contributed by atoms with Crippen LogP contribution in [0.25, 0.3) is 0 Å². The summed E-state index contributed by atoms with van der Waals surface area (Å²) in [5.74, 6) is -0.170. The van der Waals surface area contributed by atoms with Crippen molar-refractivity contribution in [2.45, 2.75) is 13.3 Å². The Hall–Kier alpha value is -1.15. The van der Waals surface area contributed by atoms with Gasteiger partial charge in [0.1, 0.15) is 5.82 Å². The molecule has 0 nitrogen and oxygen atoms in total. The van der Waals surface area contributed by atoms with Crippen molar-refractivity contribution in [3.63, 3.8) is 0 Å². The number of hydrogen-bond acceptors (Lipinski definition) is 1. The topological polar surface area (TPSA) is 0 Å². The van der Waals surface area contributed by atoms with Crippen LogP contribution in [-0.2, 0) is 6.42 Å². The van der Waals surface area contributed by atoms with Crippen LogP contribution in [0.1, 0.15) is 16.0 Å². The van der Waals surface area contributed by atoms with Gasteiger partial charge in [0.15, 0.2) is 0 Å². The first-order chi connectivity index (χ1) is 6.75. The SMILES string of the molecule is Cc1ccsc1Cc1ccc(F)cc1.